The Balaban J connectivity index is 1.93. The molecular weight excluding hydrogens is 258 g/mol. The number of ether oxygens (including phenoxy) is 1. The molecule has 2 atom stereocenters. The predicted octanol–water partition coefficient (Wildman–Crippen LogP) is 2.86. The van der Waals surface area contributed by atoms with E-state index in [0.717, 1.165) is 35.2 Å². The van der Waals surface area contributed by atoms with Crippen LogP contribution in [0, 0.1) is 0 Å². The molecule has 2 aromatic rings. The fourth-order valence-corrected chi connectivity index (χ4v) is 3.39. The molecule has 0 radical (unpaired) electrons. The van der Waals surface area contributed by atoms with Crippen molar-refractivity contribution in [2.45, 2.75) is 31.7 Å². The molecule has 1 aromatic carbocycles. The van der Waals surface area contributed by atoms with E-state index in [1.165, 1.54) is 5.56 Å². The van der Waals surface area contributed by atoms with Crippen LogP contribution in [0.2, 0.25) is 0 Å². The monoisotopic (exact) mass is 275 g/mol. The van der Waals surface area contributed by atoms with Crippen LogP contribution >= 0.6 is 11.3 Å². The number of fused-ring (bicyclic) bond motifs is 1. The lowest BCUT2D eigenvalue weighted by Crippen LogP contribution is -2.14. The molecule has 0 amide bonds. The van der Waals surface area contributed by atoms with Gasteiger partial charge in [-0.3, -0.25) is 0 Å². The van der Waals surface area contributed by atoms with Crippen LogP contribution in [0.15, 0.2) is 24.3 Å². The highest BCUT2D eigenvalue weighted by Crippen LogP contribution is 2.39. The van der Waals surface area contributed by atoms with Crippen LogP contribution in [0.5, 0.6) is 5.75 Å². The number of para-hydroxylation sites is 1. The molecule has 5 heteroatoms. The third kappa shape index (κ3) is 2.35. The van der Waals surface area contributed by atoms with Crippen LogP contribution in [0.3, 0.4) is 0 Å². The molecule has 1 aliphatic heterocycles. The molecule has 0 fully saturated rings. The summed E-state index contributed by atoms with van der Waals surface area (Å²) in [5.41, 5.74) is 7.22. The Morgan fingerprint density at radius 2 is 2.26 bits per heavy atom. The summed E-state index contributed by atoms with van der Waals surface area (Å²) in [6, 6.07) is 8.17. The zero-order chi connectivity index (χ0) is 13.2. The Labute approximate surface area is 116 Å². The summed E-state index contributed by atoms with van der Waals surface area (Å²) >= 11 is 1.63. The minimum Gasteiger partial charge on any atom is -0.493 e. The molecule has 1 aromatic heterocycles. The topological polar surface area (TPSA) is 61.0 Å². The highest BCUT2D eigenvalue weighted by atomic mass is 32.1. The van der Waals surface area contributed by atoms with Crippen LogP contribution in [0.25, 0.3) is 0 Å². The van der Waals surface area contributed by atoms with Gasteiger partial charge in [-0.25, -0.2) is 0 Å². The first-order valence-corrected chi connectivity index (χ1v) is 7.42. The Morgan fingerprint density at radius 1 is 1.42 bits per heavy atom. The van der Waals surface area contributed by atoms with Crippen LogP contribution < -0.4 is 10.5 Å². The number of hydrogen-bond donors (Lipinski definition) is 1. The van der Waals surface area contributed by atoms with Crippen LogP contribution in [-0.4, -0.2) is 16.8 Å². The van der Waals surface area contributed by atoms with Crippen molar-refractivity contribution in [3.05, 3.63) is 39.8 Å². The van der Waals surface area contributed by atoms with Crippen molar-refractivity contribution in [3.8, 4) is 5.75 Å². The molecule has 2 heterocycles. The van der Waals surface area contributed by atoms with Gasteiger partial charge in [0.2, 0.25) is 0 Å². The largest absolute Gasteiger partial charge is 0.493 e. The van der Waals surface area contributed by atoms with Gasteiger partial charge < -0.3 is 10.5 Å². The number of hydrogen-bond acceptors (Lipinski definition) is 5. The molecule has 0 bridgehead atoms. The SMILES string of the molecule is CCC(N)c1nnc(C2CCOc3ccccc32)s1. The Bertz CT molecular complexity index is 569. The van der Waals surface area contributed by atoms with Gasteiger partial charge >= 0.3 is 0 Å². The number of nitrogens with zero attached hydrogens (tertiary/aromatic N) is 2. The Hall–Kier alpha value is -1.46. The molecule has 0 saturated heterocycles. The summed E-state index contributed by atoms with van der Waals surface area (Å²) in [6.07, 6.45) is 1.84. The number of benzene rings is 1. The van der Waals surface area contributed by atoms with Gasteiger partial charge in [-0.1, -0.05) is 36.5 Å². The van der Waals surface area contributed by atoms with Crippen LogP contribution in [0.1, 0.15) is 47.3 Å². The van der Waals surface area contributed by atoms with Gasteiger partial charge in [0.25, 0.3) is 0 Å². The van der Waals surface area contributed by atoms with E-state index in [1.807, 2.05) is 18.2 Å². The summed E-state index contributed by atoms with van der Waals surface area (Å²) in [5.74, 6) is 1.26. The van der Waals surface area contributed by atoms with E-state index in [2.05, 4.69) is 23.2 Å². The molecule has 0 spiro atoms. The van der Waals surface area contributed by atoms with Crippen molar-refractivity contribution in [2.75, 3.05) is 6.61 Å². The minimum atomic E-state index is 0.00124. The van der Waals surface area contributed by atoms with Crippen molar-refractivity contribution >= 4 is 11.3 Å². The minimum absolute atomic E-state index is 0.00124. The van der Waals surface area contributed by atoms with E-state index < -0.39 is 0 Å². The smallest absolute Gasteiger partial charge is 0.134 e. The van der Waals surface area contributed by atoms with Crippen LogP contribution in [0.4, 0.5) is 0 Å². The van der Waals surface area contributed by atoms with Crippen molar-refractivity contribution in [1.29, 1.82) is 0 Å². The summed E-state index contributed by atoms with van der Waals surface area (Å²) in [4.78, 5) is 0. The molecular formula is C14H17N3OS. The highest BCUT2D eigenvalue weighted by Gasteiger charge is 2.26. The van der Waals surface area contributed by atoms with Crippen molar-refractivity contribution in [3.63, 3.8) is 0 Å². The zero-order valence-corrected chi connectivity index (χ0v) is 11.7. The first kappa shape index (κ1) is 12.6. The van der Waals surface area contributed by atoms with Gasteiger partial charge in [0.05, 0.1) is 12.6 Å². The van der Waals surface area contributed by atoms with Gasteiger partial charge in [0.15, 0.2) is 0 Å². The Morgan fingerprint density at radius 3 is 3.11 bits per heavy atom. The molecule has 1 aliphatic rings. The van der Waals surface area contributed by atoms with Gasteiger partial charge in [0, 0.05) is 11.5 Å². The lowest BCUT2D eigenvalue weighted by molar-refractivity contribution is 0.276. The summed E-state index contributed by atoms with van der Waals surface area (Å²) in [6.45, 7) is 2.80. The maximum absolute atomic E-state index is 6.01. The molecule has 0 aliphatic carbocycles. The first-order valence-electron chi connectivity index (χ1n) is 6.60. The van der Waals surface area contributed by atoms with Crippen LogP contribution in [-0.2, 0) is 0 Å². The van der Waals surface area contributed by atoms with Crippen molar-refractivity contribution < 1.29 is 4.74 Å². The van der Waals surface area contributed by atoms with E-state index in [-0.39, 0.29) is 6.04 Å². The average Bonchev–Trinajstić information content (AvgIpc) is 2.95. The van der Waals surface area contributed by atoms with Crippen molar-refractivity contribution in [1.82, 2.24) is 10.2 Å². The zero-order valence-electron chi connectivity index (χ0n) is 10.9. The second-order valence-corrected chi connectivity index (χ2v) is 5.76. The molecule has 19 heavy (non-hydrogen) atoms. The van der Waals surface area contributed by atoms with E-state index in [4.69, 9.17) is 10.5 Å². The standard InChI is InChI=1S/C14H17N3OS/c1-2-11(15)14-17-16-13(19-14)10-7-8-18-12-6-4-3-5-9(10)12/h3-6,10-11H,2,7-8,15H2,1H3. The average molecular weight is 275 g/mol. The number of aromatic nitrogens is 2. The van der Waals surface area contributed by atoms with E-state index >= 15 is 0 Å². The Kier molecular flexibility index (Phi) is 3.48. The fourth-order valence-electron chi connectivity index (χ4n) is 2.31. The third-order valence-corrected chi connectivity index (χ3v) is 4.64. The predicted molar refractivity (Wildman–Crippen MR) is 75.5 cm³/mol. The molecule has 100 valence electrons. The maximum atomic E-state index is 6.01. The lowest BCUT2D eigenvalue weighted by atomic mass is 9.94. The molecule has 3 rings (SSSR count). The van der Waals surface area contributed by atoms with Gasteiger partial charge in [-0.05, 0) is 18.9 Å². The summed E-state index contributed by atoms with van der Waals surface area (Å²) in [7, 11) is 0. The molecule has 0 saturated carbocycles. The normalized spacial score (nSPS) is 19.6. The summed E-state index contributed by atoms with van der Waals surface area (Å²) in [5, 5.41) is 10.6. The molecule has 2 N–H and O–H groups in total. The highest BCUT2D eigenvalue weighted by molar-refractivity contribution is 7.11. The van der Waals surface area contributed by atoms with E-state index in [0.29, 0.717) is 5.92 Å². The second-order valence-electron chi connectivity index (χ2n) is 4.72. The van der Waals surface area contributed by atoms with Gasteiger partial charge in [-0.15, -0.1) is 10.2 Å². The maximum Gasteiger partial charge on any atom is 0.134 e. The van der Waals surface area contributed by atoms with Gasteiger partial charge in [0.1, 0.15) is 15.8 Å². The lowest BCUT2D eigenvalue weighted by Gasteiger charge is -2.23. The van der Waals surface area contributed by atoms with E-state index in [1.54, 1.807) is 11.3 Å². The second kappa shape index (κ2) is 5.27. The van der Waals surface area contributed by atoms with Gasteiger partial charge in [-0.2, -0.15) is 0 Å². The molecule has 4 nitrogen and oxygen atoms in total. The number of rotatable bonds is 3. The third-order valence-electron chi connectivity index (χ3n) is 3.47. The number of nitrogens with two attached hydrogens (primary N) is 1. The quantitative estimate of drug-likeness (QED) is 0.935. The summed E-state index contributed by atoms with van der Waals surface area (Å²) < 4.78 is 5.68. The fraction of sp³-hybridized carbons (Fsp3) is 0.429. The first-order chi connectivity index (χ1) is 9.29. The van der Waals surface area contributed by atoms with Crippen molar-refractivity contribution in [2.24, 2.45) is 5.73 Å². The van der Waals surface area contributed by atoms with E-state index in [9.17, 15) is 0 Å². The molecule has 2 unspecified atom stereocenters.